The van der Waals surface area contributed by atoms with Gasteiger partial charge in [-0.2, -0.15) is 0 Å². The molecule has 1 rings (SSSR count). The van der Waals surface area contributed by atoms with Crippen LogP contribution in [-0.4, -0.2) is 9.91 Å². The van der Waals surface area contributed by atoms with E-state index >= 15 is 0 Å². The van der Waals surface area contributed by atoms with Crippen LogP contribution in [0.5, 0.6) is 0 Å². The minimum Gasteiger partial charge on any atom is -0.358 e. The van der Waals surface area contributed by atoms with E-state index in [0.717, 1.165) is 6.20 Å². The molecule has 0 radical (unpaired) electrons. The first-order valence-corrected chi connectivity index (χ1v) is 5.37. The highest BCUT2D eigenvalue weighted by Gasteiger charge is 2.23. The Morgan fingerprint density at radius 3 is 2.43 bits per heavy atom. The van der Waals surface area contributed by atoms with Gasteiger partial charge in [0.1, 0.15) is 9.77 Å². The van der Waals surface area contributed by atoms with Crippen molar-refractivity contribution in [2.24, 2.45) is 0 Å². The Kier molecular flexibility index (Phi) is 3.92. The van der Waals surface area contributed by atoms with Crippen LogP contribution in [0, 0.1) is 17.3 Å². The highest BCUT2D eigenvalue weighted by Crippen LogP contribution is 2.31. The summed E-state index contributed by atoms with van der Waals surface area (Å²) >= 11 is 3.28. The number of hydrogen-bond donors (Lipinski definition) is 0. The molecule has 0 aliphatic carbocycles. The highest BCUT2D eigenvalue weighted by molar-refractivity contribution is 14.1. The van der Waals surface area contributed by atoms with Gasteiger partial charge in [-0.15, -0.1) is 0 Å². The maximum absolute atomic E-state index is 12.3. The third-order valence-corrected chi connectivity index (χ3v) is 4.59. The number of aromatic nitrogens is 1. The van der Waals surface area contributed by atoms with Crippen molar-refractivity contribution in [3.8, 4) is 0 Å². The van der Waals surface area contributed by atoms with Gasteiger partial charge in [0.25, 0.3) is 6.43 Å². The molecule has 0 atom stereocenters. The fourth-order valence-electron chi connectivity index (χ4n) is 0.748. The van der Waals surface area contributed by atoms with Gasteiger partial charge in [-0.1, -0.05) is 0 Å². The molecule has 0 spiro atoms. The first-order valence-electron chi connectivity index (χ1n) is 3.21. The van der Waals surface area contributed by atoms with Crippen molar-refractivity contribution < 1.29 is 13.7 Å². The van der Waals surface area contributed by atoms with Gasteiger partial charge in [0, 0.05) is 3.57 Å². The molecule has 4 nitrogen and oxygen atoms in total. The molecular weight excluding hydrogens is 424 g/mol. The lowest BCUT2D eigenvalue weighted by Gasteiger charge is -2.03. The summed E-state index contributed by atoms with van der Waals surface area (Å²) in [6.45, 7) is 0. The Bertz CT molecular complexity index is 386. The first kappa shape index (κ1) is 11.9. The first-order chi connectivity index (χ1) is 6.45. The Balaban J connectivity index is 3.33. The quantitative estimate of drug-likeness (QED) is 0.415. The summed E-state index contributed by atoms with van der Waals surface area (Å²) in [6.07, 6.45) is -1.82. The van der Waals surface area contributed by atoms with Crippen molar-refractivity contribution in [1.29, 1.82) is 0 Å². The van der Waals surface area contributed by atoms with Crippen molar-refractivity contribution in [3.05, 3.63) is 29.0 Å². The van der Waals surface area contributed by atoms with E-state index in [1.165, 1.54) is 0 Å². The lowest BCUT2D eigenvalue weighted by molar-refractivity contribution is -0.390. The lowest BCUT2D eigenvalue weighted by Crippen LogP contribution is -2.01. The fourth-order valence-corrected chi connectivity index (χ4v) is 2.01. The topological polar surface area (TPSA) is 56.0 Å². The van der Waals surface area contributed by atoms with Crippen molar-refractivity contribution in [3.63, 3.8) is 0 Å². The molecule has 0 unspecified atom stereocenters. The minimum atomic E-state index is -2.66. The molecule has 0 N–H and O–H groups in total. The maximum atomic E-state index is 12.3. The van der Waals surface area contributed by atoms with E-state index in [9.17, 15) is 18.9 Å². The van der Waals surface area contributed by atoms with E-state index in [0.29, 0.717) is 0 Å². The van der Waals surface area contributed by atoms with E-state index < -0.39 is 11.3 Å². The number of halogens is 4. The standard InChI is InChI=1S/C6H2F2I2N2O2/c7-5(8)2-1-11-6(12(13)14)4(10)3(2)9/h1,5H. The molecule has 0 fully saturated rings. The molecule has 0 bridgehead atoms. The predicted molar refractivity (Wildman–Crippen MR) is 61.3 cm³/mol. The third kappa shape index (κ3) is 2.27. The summed E-state index contributed by atoms with van der Waals surface area (Å²) in [5.74, 6) is -0.389. The molecule has 1 aromatic rings. The molecule has 0 saturated carbocycles. The smallest absolute Gasteiger partial charge is 0.358 e. The van der Waals surface area contributed by atoms with E-state index in [4.69, 9.17) is 0 Å². The Labute approximate surface area is 105 Å². The maximum Gasteiger partial charge on any atom is 0.378 e. The highest BCUT2D eigenvalue weighted by atomic mass is 127. The van der Waals surface area contributed by atoms with E-state index in [1.54, 1.807) is 45.2 Å². The summed E-state index contributed by atoms with van der Waals surface area (Å²) in [5, 5.41) is 10.4. The zero-order chi connectivity index (χ0) is 10.9. The van der Waals surface area contributed by atoms with Crippen LogP contribution in [-0.2, 0) is 0 Å². The average Bonchev–Trinajstić information content (AvgIpc) is 2.08. The number of nitro groups is 1. The number of alkyl halides is 2. The summed E-state index contributed by atoms with van der Waals surface area (Å²) in [6, 6.07) is 0. The second kappa shape index (κ2) is 4.59. The summed E-state index contributed by atoms with van der Waals surface area (Å²) in [4.78, 5) is 13.1. The SMILES string of the molecule is O=[N+]([O-])c1ncc(C(F)F)c(I)c1I. The Hall–Kier alpha value is -0.130. The van der Waals surface area contributed by atoms with E-state index in [1.807, 2.05) is 0 Å². The molecule has 0 amide bonds. The Morgan fingerprint density at radius 1 is 1.43 bits per heavy atom. The zero-order valence-corrected chi connectivity index (χ0v) is 10.7. The predicted octanol–water partition coefficient (Wildman–Crippen LogP) is 3.14. The molecule has 1 heterocycles. The molecule has 14 heavy (non-hydrogen) atoms. The number of nitrogens with zero attached hydrogens (tertiary/aromatic N) is 2. The Morgan fingerprint density at radius 2 is 2.00 bits per heavy atom. The molecule has 0 aliphatic rings. The zero-order valence-electron chi connectivity index (χ0n) is 6.38. The van der Waals surface area contributed by atoms with Crippen LogP contribution in [0.4, 0.5) is 14.6 Å². The van der Waals surface area contributed by atoms with Crippen LogP contribution < -0.4 is 0 Å². The largest absolute Gasteiger partial charge is 0.378 e. The summed E-state index contributed by atoms with van der Waals surface area (Å²) < 4.78 is 25.0. The molecule has 0 aliphatic heterocycles. The monoisotopic (exact) mass is 426 g/mol. The molecular formula is C6H2F2I2N2O2. The van der Waals surface area contributed by atoms with Crippen LogP contribution >= 0.6 is 45.2 Å². The van der Waals surface area contributed by atoms with Crippen molar-refractivity contribution in [2.75, 3.05) is 0 Å². The van der Waals surface area contributed by atoms with Crippen LogP contribution in [0.3, 0.4) is 0 Å². The van der Waals surface area contributed by atoms with Crippen LogP contribution in [0.25, 0.3) is 0 Å². The average molecular weight is 426 g/mol. The van der Waals surface area contributed by atoms with Gasteiger partial charge in [-0.25, -0.2) is 8.78 Å². The van der Waals surface area contributed by atoms with Crippen molar-refractivity contribution in [2.45, 2.75) is 6.43 Å². The lowest BCUT2D eigenvalue weighted by atomic mass is 10.3. The number of rotatable bonds is 2. The van der Waals surface area contributed by atoms with Crippen LogP contribution in [0.2, 0.25) is 0 Å². The summed E-state index contributed by atoms with van der Waals surface area (Å²) in [7, 11) is 0. The van der Waals surface area contributed by atoms with Gasteiger partial charge in [0.15, 0.2) is 0 Å². The van der Waals surface area contributed by atoms with E-state index in [2.05, 4.69) is 4.98 Å². The van der Waals surface area contributed by atoms with Gasteiger partial charge in [-0.05, 0) is 55.1 Å². The van der Waals surface area contributed by atoms with Gasteiger partial charge < -0.3 is 10.1 Å². The van der Waals surface area contributed by atoms with Crippen LogP contribution in [0.15, 0.2) is 6.20 Å². The molecule has 8 heteroatoms. The molecule has 0 aromatic carbocycles. The number of hydrogen-bond acceptors (Lipinski definition) is 3. The van der Waals surface area contributed by atoms with Gasteiger partial charge in [-0.3, -0.25) is 0 Å². The molecule has 1 aromatic heterocycles. The fraction of sp³-hybridized carbons (Fsp3) is 0.167. The van der Waals surface area contributed by atoms with Crippen molar-refractivity contribution >= 4 is 51.0 Å². The minimum absolute atomic E-state index is 0.144. The molecule has 76 valence electrons. The van der Waals surface area contributed by atoms with Gasteiger partial charge in [0.2, 0.25) is 0 Å². The van der Waals surface area contributed by atoms with Gasteiger partial charge in [0.05, 0.1) is 5.56 Å². The second-order valence-corrected chi connectivity index (χ2v) is 4.38. The normalized spacial score (nSPS) is 10.6. The molecule has 0 saturated heterocycles. The van der Waals surface area contributed by atoms with Crippen LogP contribution in [0.1, 0.15) is 12.0 Å². The van der Waals surface area contributed by atoms with Gasteiger partial charge >= 0.3 is 5.82 Å². The van der Waals surface area contributed by atoms with E-state index in [-0.39, 0.29) is 18.5 Å². The van der Waals surface area contributed by atoms with Crippen molar-refractivity contribution in [1.82, 2.24) is 4.98 Å². The summed E-state index contributed by atoms with van der Waals surface area (Å²) in [5.41, 5.74) is -0.277. The second-order valence-electron chi connectivity index (χ2n) is 2.22. The third-order valence-electron chi connectivity index (χ3n) is 1.38. The number of pyridine rings is 1.